The standard InChI is InChI=1S/C11H14O3S/c1-9-2-4-10(5-3-9)11(12)6-7-15(13,14)8-11/h2-5,12H,6-8H2,1H3. The van der Waals surface area contributed by atoms with Crippen molar-refractivity contribution in [1.29, 1.82) is 0 Å². The van der Waals surface area contributed by atoms with Crippen LogP contribution in [0.25, 0.3) is 0 Å². The number of benzene rings is 1. The first-order valence-corrected chi connectivity index (χ1v) is 6.73. The number of hydrogen-bond acceptors (Lipinski definition) is 3. The summed E-state index contributed by atoms with van der Waals surface area (Å²) in [7, 11) is -3.06. The third-order valence-corrected chi connectivity index (χ3v) is 4.62. The van der Waals surface area contributed by atoms with Gasteiger partial charge in [-0.25, -0.2) is 8.42 Å². The Labute approximate surface area is 89.7 Å². The predicted molar refractivity (Wildman–Crippen MR) is 58.3 cm³/mol. The van der Waals surface area contributed by atoms with Crippen molar-refractivity contribution < 1.29 is 13.5 Å². The third-order valence-electron chi connectivity index (χ3n) is 2.87. The maximum atomic E-state index is 11.3. The second-order valence-corrected chi connectivity index (χ2v) is 6.42. The summed E-state index contributed by atoms with van der Waals surface area (Å²) in [4.78, 5) is 0. The molecule has 0 spiro atoms. The van der Waals surface area contributed by atoms with Gasteiger partial charge < -0.3 is 5.11 Å². The van der Waals surface area contributed by atoms with Crippen LogP contribution >= 0.6 is 0 Å². The fourth-order valence-corrected chi connectivity index (χ4v) is 3.76. The van der Waals surface area contributed by atoms with Gasteiger partial charge in [-0.15, -0.1) is 0 Å². The van der Waals surface area contributed by atoms with Crippen molar-refractivity contribution in [2.45, 2.75) is 18.9 Å². The molecule has 1 aliphatic rings. The molecule has 1 N–H and O–H groups in total. The summed E-state index contributed by atoms with van der Waals surface area (Å²) in [6, 6.07) is 7.38. The van der Waals surface area contributed by atoms with Crippen LogP contribution in [-0.4, -0.2) is 25.0 Å². The number of sulfone groups is 1. The number of aliphatic hydroxyl groups is 1. The Bertz CT molecular complexity index is 461. The lowest BCUT2D eigenvalue weighted by Gasteiger charge is -2.21. The molecule has 1 saturated heterocycles. The lowest BCUT2D eigenvalue weighted by molar-refractivity contribution is 0.0653. The van der Waals surface area contributed by atoms with Crippen LogP contribution in [0, 0.1) is 6.92 Å². The summed E-state index contributed by atoms with van der Waals surface area (Å²) in [5, 5.41) is 10.2. The summed E-state index contributed by atoms with van der Waals surface area (Å²) >= 11 is 0. The SMILES string of the molecule is Cc1ccc(C2(O)CCS(=O)(=O)C2)cc1. The molecule has 0 amide bonds. The van der Waals surface area contributed by atoms with Crippen LogP contribution in [-0.2, 0) is 15.4 Å². The van der Waals surface area contributed by atoms with Crippen LogP contribution in [0.1, 0.15) is 17.5 Å². The van der Waals surface area contributed by atoms with Crippen molar-refractivity contribution in [2.24, 2.45) is 0 Å². The molecule has 1 aromatic rings. The minimum absolute atomic E-state index is 0.0807. The summed E-state index contributed by atoms with van der Waals surface area (Å²) < 4.78 is 22.7. The number of hydrogen-bond donors (Lipinski definition) is 1. The molecule has 0 saturated carbocycles. The maximum absolute atomic E-state index is 11.3. The van der Waals surface area contributed by atoms with Gasteiger partial charge in [-0.3, -0.25) is 0 Å². The molecule has 2 rings (SSSR count). The molecule has 1 fully saturated rings. The van der Waals surface area contributed by atoms with Crippen molar-refractivity contribution in [3.05, 3.63) is 35.4 Å². The molecule has 1 heterocycles. The average molecular weight is 226 g/mol. The van der Waals surface area contributed by atoms with Crippen LogP contribution in [0.4, 0.5) is 0 Å². The fourth-order valence-electron chi connectivity index (χ4n) is 1.92. The molecule has 4 heteroatoms. The normalized spacial score (nSPS) is 29.2. The minimum Gasteiger partial charge on any atom is -0.384 e. The lowest BCUT2D eigenvalue weighted by Crippen LogP contribution is -2.26. The Kier molecular flexibility index (Phi) is 2.35. The van der Waals surface area contributed by atoms with Gasteiger partial charge in [0.1, 0.15) is 5.60 Å². The first kappa shape index (κ1) is 10.6. The molecule has 0 bridgehead atoms. The van der Waals surface area contributed by atoms with E-state index < -0.39 is 15.4 Å². The first-order valence-electron chi connectivity index (χ1n) is 4.91. The van der Waals surface area contributed by atoms with Gasteiger partial charge in [-0.1, -0.05) is 29.8 Å². The Hall–Kier alpha value is -0.870. The van der Waals surface area contributed by atoms with Crippen LogP contribution in [0.15, 0.2) is 24.3 Å². The Morgan fingerprint density at radius 1 is 1.27 bits per heavy atom. The topological polar surface area (TPSA) is 54.4 Å². The van der Waals surface area contributed by atoms with E-state index in [1.807, 2.05) is 19.1 Å². The van der Waals surface area contributed by atoms with E-state index in [1.54, 1.807) is 12.1 Å². The molecule has 1 unspecified atom stereocenters. The van der Waals surface area contributed by atoms with Gasteiger partial charge >= 0.3 is 0 Å². The fraction of sp³-hybridized carbons (Fsp3) is 0.455. The Morgan fingerprint density at radius 2 is 1.87 bits per heavy atom. The van der Waals surface area contributed by atoms with E-state index in [-0.39, 0.29) is 11.5 Å². The van der Waals surface area contributed by atoms with Crippen molar-refractivity contribution in [3.8, 4) is 0 Å². The van der Waals surface area contributed by atoms with E-state index >= 15 is 0 Å². The van der Waals surface area contributed by atoms with Crippen molar-refractivity contribution >= 4 is 9.84 Å². The molecule has 82 valence electrons. The zero-order chi connectivity index (χ0) is 11.1. The molecule has 0 aliphatic carbocycles. The number of aryl methyl sites for hydroxylation is 1. The molecule has 1 atom stereocenters. The van der Waals surface area contributed by atoms with Crippen LogP contribution in [0.3, 0.4) is 0 Å². The van der Waals surface area contributed by atoms with E-state index in [4.69, 9.17) is 0 Å². The maximum Gasteiger partial charge on any atom is 0.153 e. The molecule has 1 aliphatic heterocycles. The van der Waals surface area contributed by atoms with Gasteiger partial charge in [0.25, 0.3) is 0 Å². The summed E-state index contributed by atoms with van der Waals surface area (Å²) in [5.74, 6) is -0.0690. The average Bonchev–Trinajstić information content (AvgIpc) is 2.43. The summed E-state index contributed by atoms with van der Waals surface area (Å²) in [6.07, 6.45) is 0.304. The van der Waals surface area contributed by atoms with Crippen molar-refractivity contribution in [1.82, 2.24) is 0 Å². The zero-order valence-electron chi connectivity index (χ0n) is 8.60. The van der Waals surface area contributed by atoms with Gasteiger partial charge in [0.05, 0.1) is 11.5 Å². The van der Waals surface area contributed by atoms with Gasteiger partial charge in [0.15, 0.2) is 9.84 Å². The second kappa shape index (κ2) is 3.32. The monoisotopic (exact) mass is 226 g/mol. The predicted octanol–water partition coefficient (Wildman–Crippen LogP) is 1.00. The second-order valence-electron chi connectivity index (χ2n) is 4.24. The van der Waals surface area contributed by atoms with E-state index in [9.17, 15) is 13.5 Å². The van der Waals surface area contributed by atoms with Gasteiger partial charge in [0.2, 0.25) is 0 Å². The summed E-state index contributed by atoms with van der Waals surface area (Å²) in [6.45, 7) is 1.96. The first-order chi connectivity index (χ1) is 6.91. The Balaban J connectivity index is 2.35. The molecular weight excluding hydrogens is 212 g/mol. The molecule has 15 heavy (non-hydrogen) atoms. The van der Waals surface area contributed by atoms with E-state index in [1.165, 1.54) is 0 Å². The van der Waals surface area contributed by atoms with E-state index in [2.05, 4.69) is 0 Å². The molecule has 1 aromatic carbocycles. The molecule has 0 aromatic heterocycles. The van der Waals surface area contributed by atoms with Crippen molar-refractivity contribution in [3.63, 3.8) is 0 Å². The largest absolute Gasteiger partial charge is 0.384 e. The third kappa shape index (κ3) is 2.06. The highest BCUT2D eigenvalue weighted by Gasteiger charge is 2.41. The molecule has 3 nitrogen and oxygen atoms in total. The summed E-state index contributed by atoms with van der Waals surface area (Å²) in [5.41, 5.74) is 0.629. The quantitative estimate of drug-likeness (QED) is 0.777. The van der Waals surface area contributed by atoms with Crippen LogP contribution in [0.5, 0.6) is 0 Å². The van der Waals surface area contributed by atoms with E-state index in [0.717, 1.165) is 5.56 Å². The highest BCUT2D eigenvalue weighted by atomic mass is 32.2. The zero-order valence-corrected chi connectivity index (χ0v) is 9.42. The van der Waals surface area contributed by atoms with Crippen molar-refractivity contribution in [2.75, 3.05) is 11.5 Å². The van der Waals surface area contributed by atoms with Crippen LogP contribution < -0.4 is 0 Å². The highest BCUT2D eigenvalue weighted by molar-refractivity contribution is 7.91. The van der Waals surface area contributed by atoms with Crippen LogP contribution in [0.2, 0.25) is 0 Å². The highest BCUT2D eigenvalue weighted by Crippen LogP contribution is 2.33. The minimum atomic E-state index is -3.06. The lowest BCUT2D eigenvalue weighted by atomic mass is 9.93. The van der Waals surface area contributed by atoms with E-state index in [0.29, 0.717) is 12.0 Å². The Morgan fingerprint density at radius 3 is 2.33 bits per heavy atom. The molecule has 0 radical (unpaired) electrons. The van der Waals surface area contributed by atoms with Gasteiger partial charge in [-0.2, -0.15) is 0 Å². The number of rotatable bonds is 1. The smallest absolute Gasteiger partial charge is 0.153 e. The van der Waals surface area contributed by atoms with Gasteiger partial charge in [-0.05, 0) is 18.9 Å². The van der Waals surface area contributed by atoms with Gasteiger partial charge in [0, 0.05) is 0 Å². The molecular formula is C11H14O3S.